The number of fused-ring (bicyclic) bond motifs is 1. The van der Waals surface area contributed by atoms with E-state index >= 15 is 0 Å². The van der Waals surface area contributed by atoms with Crippen LogP contribution in [0.3, 0.4) is 0 Å². The largest absolute Gasteiger partial charge is 0.394 e. The van der Waals surface area contributed by atoms with E-state index in [2.05, 4.69) is 10.6 Å². The molecule has 19 heteroatoms. The second kappa shape index (κ2) is 14.5. The Morgan fingerprint density at radius 3 is 2.16 bits per heavy atom. The van der Waals surface area contributed by atoms with E-state index in [1.54, 1.807) is 0 Å². The molecule has 17 N–H and O–H groups in total. The Morgan fingerprint density at radius 2 is 1.53 bits per heavy atom. The van der Waals surface area contributed by atoms with E-state index in [1.165, 1.54) is 7.05 Å². The number of nitrogens with two attached hydrogens (primary N) is 4. The molecule has 1 aliphatic carbocycles. The molecule has 250 valence electrons. The number of nitrogens with one attached hydrogen (secondary N) is 2. The second-order valence-corrected chi connectivity index (χ2v) is 11.5. The summed E-state index contributed by atoms with van der Waals surface area (Å²) >= 11 is 0. The van der Waals surface area contributed by atoms with Gasteiger partial charge in [0.05, 0.1) is 36.9 Å². The van der Waals surface area contributed by atoms with E-state index in [1.807, 2.05) is 0 Å². The molecular formula is C24H46N6O13. The van der Waals surface area contributed by atoms with Crippen LogP contribution in [0.5, 0.6) is 0 Å². The fourth-order valence-corrected chi connectivity index (χ4v) is 5.97. The Bertz CT molecular complexity index is 925. The molecule has 18 atom stereocenters. The minimum atomic E-state index is -1.75. The van der Waals surface area contributed by atoms with Gasteiger partial charge in [-0.05, 0) is 19.9 Å². The number of hydrogen-bond acceptors (Lipinski definition) is 18. The van der Waals surface area contributed by atoms with E-state index in [0.29, 0.717) is 0 Å². The molecule has 0 bridgehead atoms. The van der Waals surface area contributed by atoms with Gasteiger partial charge in [0.15, 0.2) is 18.9 Å². The molecule has 19 nitrogen and oxygen atoms in total. The number of ether oxygens (including phenoxy) is 5. The third kappa shape index (κ3) is 7.13. The monoisotopic (exact) mass is 626 g/mol. The fourth-order valence-electron chi connectivity index (χ4n) is 5.97. The van der Waals surface area contributed by atoms with Crippen molar-refractivity contribution in [2.45, 2.75) is 123 Å². The van der Waals surface area contributed by atoms with Gasteiger partial charge in [-0.25, -0.2) is 0 Å². The molecule has 0 spiro atoms. The molecule has 8 unspecified atom stereocenters. The molecule has 0 radical (unpaired) electrons. The van der Waals surface area contributed by atoms with Crippen LogP contribution in [0.4, 0.5) is 0 Å². The van der Waals surface area contributed by atoms with Crippen molar-refractivity contribution in [2.24, 2.45) is 22.9 Å². The fraction of sp³-hybridized carbons (Fsp3) is 0.958. The molecular weight excluding hydrogens is 580 g/mol. The highest BCUT2D eigenvalue weighted by atomic mass is 16.8. The first-order valence-corrected chi connectivity index (χ1v) is 14.2. The number of carbonyl (C=O) groups is 1. The van der Waals surface area contributed by atoms with Gasteiger partial charge in [0.2, 0.25) is 0 Å². The molecule has 4 fully saturated rings. The van der Waals surface area contributed by atoms with Gasteiger partial charge >= 0.3 is 0 Å². The van der Waals surface area contributed by atoms with Gasteiger partial charge in [-0.1, -0.05) is 0 Å². The van der Waals surface area contributed by atoms with Crippen molar-refractivity contribution in [3.63, 3.8) is 0 Å². The summed E-state index contributed by atoms with van der Waals surface area (Å²) in [6, 6.07) is -4.55. The number of likely N-dealkylation sites (N-methyl/N-ethyl adjacent to an activating group) is 1. The highest BCUT2D eigenvalue weighted by molar-refractivity contribution is 5.81. The highest BCUT2D eigenvalue weighted by Crippen LogP contribution is 2.35. The van der Waals surface area contributed by atoms with Crippen LogP contribution >= 0.6 is 0 Å². The highest BCUT2D eigenvalue weighted by Gasteiger charge is 2.54. The Balaban J connectivity index is 1.42. The van der Waals surface area contributed by atoms with E-state index in [4.69, 9.17) is 46.6 Å². The molecule has 0 aromatic carbocycles. The number of amides is 1. The van der Waals surface area contributed by atoms with Gasteiger partial charge in [0.1, 0.15) is 48.8 Å². The second-order valence-electron chi connectivity index (χ2n) is 11.5. The van der Waals surface area contributed by atoms with Crippen molar-refractivity contribution in [3.8, 4) is 0 Å². The SMILES string of the molecule is CNC1C(O[C@H]2OC(CO)[C@@H](NC(=O)[C@@H](O)CN)[C@H](O)C2O)O[C@H]2C[C@H](N)[C@@H](O[C@@H]3C(N)C[C@@H](N)[C@@H](O)C3O)OC2C1O. The number of aliphatic hydroxyl groups excluding tert-OH is 7. The number of aliphatic hydroxyl groups is 7. The first-order chi connectivity index (χ1) is 20.3. The summed E-state index contributed by atoms with van der Waals surface area (Å²) in [4.78, 5) is 12.1. The topological polar surface area (TPSA) is 333 Å². The van der Waals surface area contributed by atoms with Crippen molar-refractivity contribution < 1.29 is 64.2 Å². The predicted molar refractivity (Wildman–Crippen MR) is 142 cm³/mol. The normalized spacial score (nSPS) is 49.6. The summed E-state index contributed by atoms with van der Waals surface area (Å²) in [5.41, 5.74) is 23.5. The lowest BCUT2D eigenvalue weighted by molar-refractivity contribution is -0.373. The Hall–Kier alpha value is -1.21. The molecule has 0 aromatic rings. The molecule has 1 amide bonds. The van der Waals surface area contributed by atoms with Crippen LogP contribution in [0.25, 0.3) is 0 Å². The van der Waals surface area contributed by atoms with Gasteiger partial charge in [0, 0.05) is 18.6 Å². The first-order valence-electron chi connectivity index (χ1n) is 14.2. The Morgan fingerprint density at radius 1 is 0.837 bits per heavy atom. The Kier molecular flexibility index (Phi) is 11.7. The van der Waals surface area contributed by atoms with Crippen molar-refractivity contribution >= 4 is 5.91 Å². The van der Waals surface area contributed by atoms with Gasteiger partial charge in [-0.3, -0.25) is 4.79 Å². The molecule has 3 aliphatic heterocycles. The summed E-state index contributed by atoms with van der Waals surface area (Å²) in [5, 5.41) is 78.0. The van der Waals surface area contributed by atoms with Gasteiger partial charge < -0.3 is 93.0 Å². The van der Waals surface area contributed by atoms with Gasteiger partial charge in [0.25, 0.3) is 5.91 Å². The maximum atomic E-state index is 12.1. The number of hydrogen-bond donors (Lipinski definition) is 13. The van der Waals surface area contributed by atoms with E-state index in [9.17, 15) is 40.5 Å². The minimum absolute atomic E-state index is 0.0936. The average Bonchev–Trinajstić information content (AvgIpc) is 2.97. The van der Waals surface area contributed by atoms with Crippen LogP contribution in [0.15, 0.2) is 0 Å². The molecule has 1 saturated carbocycles. The maximum Gasteiger partial charge on any atom is 0.250 e. The molecule has 3 saturated heterocycles. The predicted octanol–water partition coefficient (Wildman–Crippen LogP) is -8.47. The van der Waals surface area contributed by atoms with Gasteiger partial charge in [-0.2, -0.15) is 0 Å². The van der Waals surface area contributed by atoms with Crippen LogP contribution in [-0.4, -0.2) is 172 Å². The molecule has 4 rings (SSSR count). The van der Waals surface area contributed by atoms with E-state index in [-0.39, 0.29) is 12.8 Å². The van der Waals surface area contributed by atoms with Crippen molar-refractivity contribution in [1.29, 1.82) is 0 Å². The van der Waals surface area contributed by atoms with Crippen LogP contribution < -0.4 is 33.6 Å². The van der Waals surface area contributed by atoms with Crippen LogP contribution in [0, 0.1) is 0 Å². The third-order valence-electron chi connectivity index (χ3n) is 8.52. The summed E-state index contributed by atoms with van der Waals surface area (Å²) < 4.78 is 29.4. The van der Waals surface area contributed by atoms with Crippen molar-refractivity contribution in [3.05, 3.63) is 0 Å². The molecule has 0 aromatic heterocycles. The zero-order valence-electron chi connectivity index (χ0n) is 23.6. The zero-order valence-corrected chi connectivity index (χ0v) is 23.6. The molecule has 3 heterocycles. The lowest BCUT2D eigenvalue weighted by Gasteiger charge is -2.51. The standard InChI is InChI=1S/C24H46N6O13/c1-29-13-16(35)20-10(3-8(28)22(42-20)41-19-7(27)2-6(26)14(33)17(19)36)39-23(13)43-24-18(37)15(34)12(11(5-31)40-24)30-21(38)9(32)4-25/h6-20,22-24,29,31-37H,2-5,25-28H2,1H3,(H,30,38)/t6-,7?,8+,9+,10+,11?,12-,13?,14-,15+,16?,17?,18?,19-,20?,22+,23?,24-/m1/s1. The molecule has 4 aliphatic rings. The van der Waals surface area contributed by atoms with Crippen LogP contribution in [-0.2, 0) is 28.5 Å². The molecule has 43 heavy (non-hydrogen) atoms. The average molecular weight is 627 g/mol. The maximum absolute atomic E-state index is 12.1. The van der Waals surface area contributed by atoms with Crippen molar-refractivity contribution in [2.75, 3.05) is 20.2 Å². The zero-order chi connectivity index (χ0) is 31.7. The summed E-state index contributed by atoms with van der Waals surface area (Å²) in [7, 11) is 1.51. The quantitative estimate of drug-likeness (QED) is 0.113. The number of carbonyl (C=O) groups excluding carboxylic acids is 1. The summed E-state index contributed by atoms with van der Waals surface area (Å²) in [5.74, 6) is -0.934. The lowest BCUT2D eigenvalue weighted by atomic mass is 9.84. The third-order valence-corrected chi connectivity index (χ3v) is 8.52. The van der Waals surface area contributed by atoms with Crippen LogP contribution in [0.2, 0.25) is 0 Å². The van der Waals surface area contributed by atoms with E-state index < -0.39 is 129 Å². The minimum Gasteiger partial charge on any atom is -0.394 e. The summed E-state index contributed by atoms with van der Waals surface area (Å²) in [6.45, 7) is -1.09. The smallest absolute Gasteiger partial charge is 0.250 e. The Labute approximate surface area is 247 Å². The van der Waals surface area contributed by atoms with Gasteiger partial charge in [-0.15, -0.1) is 0 Å². The lowest BCUT2D eigenvalue weighted by Crippen LogP contribution is -2.70. The van der Waals surface area contributed by atoms with E-state index in [0.717, 1.165) is 0 Å². The van der Waals surface area contributed by atoms with Crippen molar-refractivity contribution in [1.82, 2.24) is 10.6 Å². The summed E-state index contributed by atoms with van der Waals surface area (Å²) in [6.07, 6.45) is -16.8. The first kappa shape index (κ1) is 34.7. The number of rotatable bonds is 9. The van der Waals surface area contributed by atoms with Crippen LogP contribution in [0.1, 0.15) is 12.8 Å².